The van der Waals surface area contributed by atoms with Crippen LogP contribution in [0.3, 0.4) is 0 Å². The first kappa shape index (κ1) is 16.4. The van der Waals surface area contributed by atoms with Crippen LogP contribution in [-0.4, -0.2) is 20.8 Å². The van der Waals surface area contributed by atoms with E-state index in [1.807, 2.05) is 30.3 Å². The van der Waals surface area contributed by atoms with Gasteiger partial charge in [-0.25, -0.2) is 4.98 Å². The van der Waals surface area contributed by atoms with Gasteiger partial charge in [-0.3, -0.25) is 14.9 Å². The lowest BCUT2D eigenvalue weighted by Gasteiger charge is -2.03. The van der Waals surface area contributed by atoms with Gasteiger partial charge in [0, 0.05) is 29.9 Å². The Balaban J connectivity index is 1.75. The second kappa shape index (κ2) is 6.96. The van der Waals surface area contributed by atoms with Crippen molar-refractivity contribution < 1.29 is 9.72 Å². The maximum atomic E-state index is 12.3. The normalized spacial score (nSPS) is 10.4. The fraction of sp³-hybridized carbons (Fsp3) is 0.111. The summed E-state index contributed by atoms with van der Waals surface area (Å²) < 4.78 is 0. The average molecular weight is 336 g/mol. The molecule has 0 saturated carbocycles. The zero-order valence-electron chi connectivity index (χ0n) is 13.5. The van der Waals surface area contributed by atoms with E-state index in [0.717, 1.165) is 5.56 Å². The standard InChI is InChI=1S/C18H16N4O3/c1-12-16(18(23)19-11-13-5-3-2-4-6-13)21-17(20-12)14-7-9-15(10-8-14)22(24)25/h2-10H,11H2,1H3,(H,19,23)(H,20,21). The van der Waals surface area contributed by atoms with Gasteiger partial charge in [-0.05, 0) is 24.6 Å². The average Bonchev–Trinajstić information content (AvgIpc) is 3.02. The van der Waals surface area contributed by atoms with E-state index in [-0.39, 0.29) is 11.6 Å². The molecule has 3 aromatic rings. The van der Waals surface area contributed by atoms with E-state index in [1.54, 1.807) is 19.1 Å². The summed E-state index contributed by atoms with van der Waals surface area (Å²) in [7, 11) is 0. The number of carbonyl (C=O) groups excluding carboxylic acids is 1. The molecule has 0 aliphatic heterocycles. The van der Waals surface area contributed by atoms with Crippen molar-refractivity contribution >= 4 is 11.6 Å². The zero-order chi connectivity index (χ0) is 17.8. The summed E-state index contributed by atoms with van der Waals surface area (Å²) in [6.07, 6.45) is 0. The number of non-ortho nitro benzene ring substituents is 1. The van der Waals surface area contributed by atoms with E-state index in [1.165, 1.54) is 12.1 Å². The number of aromatic nitrogens is 2. The number of hydrogen-bond donors (Lipinski definition) is 2. The highest BCUT2D eigenvalue weighted by Crippen LogP contribution is 2.21. The van der Waals surface area contributed by atoms with Gasteiger partial charge in [0.25, 0.3) is 11.6 Å². The molecule has 7 heteroatoms. The van der Waals surface area contributed by atoms with Gasteiger partial charge in [0.1, 0.15) is 11.5 Å². The van der Waals surface area contributed by atoms with Crippen molar-refractivity contribution in [2.45, 2.75) is 13.5 Å². The Morgan fingerprint density at radius 1 is 1.16 bits per heavy atom. The number of aryl methyl sites for hydroxylation is 1. The number of amides is 1. The third-order valence-corrected chi connectivity index (χ3v) is 3.75. The number of nitrogens with one attached hydrogen (secondary N) is 2. The predicted octanol–water partition coefficient (Wildman–Crippen LogP) is 3.22. The summed E-state index contributed by atoms with van der Waals surface area (Å²) in [5.41, 5.74) is 2.63. The van der Waals surface area contributed by atoms with Crippen molar-refractivity contribution in [3.8, 4) is 11.4 Å². The van der Waals surface area contributed by atoms with Crippen LogP contribution in [0.25, 0.3) is 11.4 Å². The van der Waals surface area contributed by atoms with Gasteiger partial charge in [0.05, 0.1) is 4.92 Å². The Bertz CT molecular complexity index is 902. The Labute approximate surface area is 143 Å². The maximum Gasteiger partial charge on any atom is 0.272 e. The molecule has 0 atom stereocenters. The number of rotatable bonds is 5. The van der Waals surface area contributed by atoms with Crippen molar-refractivity contribution in [3.05, 3.63) is 81.7 Å². The van der Waals surface area contributed by atoms with Crippen LogP contribution in [0.4, 0.5) is 5.69 Å². The predicted molar refractivity (Wildman–Crippen MR) is 93.0 cm³/mol. The number of hydrogen-bond acceptors (Lipinski definition) is 4. The third-order valence-electron chi connectivity index (χ3n) is 3.75. The van der Waals surface area contributed by atoms with E-state index >= 15 is 0 Å². The largest absolute Gasteiger partial charge is 0.347 e. The van der Waals surface area contributed by atoms with Crippen molar-refractivity contribution in [1.29, 1.82) is 0 Å². The van der Waals surface area contributed by atoms with Crippen molar-refractivity contribution in [3.63, 3.8) is 0 Å². The molecule has 1 amide bonds. The van der Waals surface area contributed by atoms with E-state index in [2.05, 4.69) is 15.3 Å². The first-order valence-electron chi connectivity index (χ1n) is 7.68. The van der Waals surface area contributed by atoms with Gasteiger partial charge < -0.3 is 10.3 Å². The van der Waals surface area contributed by atoms with Crippen molar-refractivity contribution in [2.75, 3.05) is 0 Å². The highest BCUT2D eigenvalue weighted by atomic mass is 16.6. The molecule has 0 spiro atoms. The molecule has 0 unspecified atom stereocenters. The molecule has 0 aliphatic carbocycles. The molecule has 3 rings (SSSR count). The maximum absolute atomic E-state index is 12.3. The number of nitro benzene ring substituents is 1. The fourth-order valence-electron chi connectivity index (χ4n) is 2.42. The number of aromatic amines is 1. The Kier molecular flexibility index (Phi) is 4.56. The molecule has 2 N–H and O–H groups in total. The van der Waals surface area contributed by atoms with Crippen molar-refractivity contribution in [1.82, 2.24) is 15.3 Å². The summed E-state index contributed by atoms with van der Waals surface area (Å²) in [5, 5.41) is 13.5. The van der Waals surface area contributed by atoms with Gasteiger partial charge in [0.2, 0.25) is 0 Å². The number of benzene rings is 2. The first-order valence-corrected chi connectivity index (χ1v) is 7.68. The number of carbonyl (C=O) groups is 1. The lowest BCUT2D eigenvalue weighted by molar-refractivity contribution is -0.384. The van der Waals surface area contributed by atoms with Crippen LogP contribution in [0.1, 0.15) is 21.7 Å². The number of nitro groups is 1. The van der Waals surface area contributed by atoms with Crippen LogP contribution in [0.5, 0.6) is 0 Å². The molecule has 2 aromatic carbocycles. The summed E-state index contributed by atoms with van der Waals surface area (Å²) in [6, 6.07) is 15.6. The van der Waals surface area contributed by atoms with Crippen molar-refractivity contribution in [2.24, 2.45) is 0 Å². The molecule has 126 valence electrons. The second-order valence-electron chi connectivity index (χ2n) is 5.53. The van der Waals surface area contributed by atoms with E-state index < -0.39 is 4.92 Å². The highest BCUT2D eigenvalue weighted by molar-refractivity contribution is 5.94. The van der Waals surface area contributed by atoms with Crippen LogP contribution in [0, 0.1) is 17.0 Å². The molecule has 0 fully saturated rings. The van der Waals surface area contributed by atoms with E-state index in [9.17, 15) is 14.9 Å². The number of nitrogens with zero attached hydrogens (tertiary/aromatic N) is 2. The summed E-state index contributed by atoms with van der Waals surface area (Å²) in [6.45, 7) is 2.18. The van der Waals surface area contributed by atoms with E-state index in [4.69, 9.17) is 0 Å². The molecule has 0 bridgehead atoms. The molecule has 1 aromatic heterocycles. The first-order chi connectivity index (χ1) is 12.0. The fourth-order valence-corrected chi connectivity index (χ4v) is 2.42. The second-order valence-corrected chi connectivity index (χ2v) is 5.53. The van der Waals surface area contributed by atoms with Crippen LogP contribution >= 0.6 is 0 Å². The van der Waals surface area contributed by atoms with Gasteiger partial charge in [-0.15, -0.1) is 0 Å². The van der Waals surface area contributed by atoms with Crippen LogP contribution in [-0.2, 0) is 6.54 Å². The monoisotopic (exact) mass is 336 g/mol. The molecule has 0 saturated heterocycles. The molecule has 0 aliphatic rings. The third kappa shape index (κ3) is 3.72. The Morgan fingerprint density at radius 3 is 2.48 bits per heavy atom. The Morgan fingerprint density at radius 2 is 1.84 bits per heavy atom. The Hall–Kier alpha value is -3.48. The van der Waals surface area contributed by atoms with Gasteiger partial charge in [-0.2, -0.15) is 0 Å². The van der Waals surface area contributed by atoms with Gasteiger partial charge >= 0.3 is 0 Å². The minimum Gasteiger partial charge on any atom is -0.347 e. The number of imidazole rings is 1. The van der Waals surface area contributed by atoms with E-state index in [0.29, 0.717) is 29.3 Å². The highest BCUT2D eigenvalue weighted by Gasteiger charge is 2.16. The summed E-state index contributed by atoms with van der Waals surface area (Å²) in [4.78, 5) is 30.0. The number of H-pyrrole nitrogens is 1. The molecular weight excluding hydrogens is 320 g/mol. The molecule has 25 heavy (non-hydrogen) atoms. The minimum absolute atomic E-state index is 0.00727. The zero-order valence-corrected chi connectivity index (χ0v) is 13.5. The quantitative estimate of drug-likeness (QED) is 0.552. The summed E-state index contributed by atoms with van der Waals surface area (Å²) >= 11 is 0. The molecular formula is C18H16N4O3. The lowest BCUT2D eigenvalue weighted by atomic mass is 10.2. The molecule has 7 nitrogen and oxygen atoms in total. The molecule has 1 heterocycles. The smallest absolute Gasteiger partial charge is 0.272 e. The summed E-state index contributed by atoms with van der Waals surface area (Å²) in [5.74, 6) is 0.225. The van der Waals surface area contributed by atoms with Gasteiger partial charge in [0.15, 0.2) is 0 Å². The molecule has 0 radical (unpaired) electrons. The van der Waals surface area contributed by atoms with Crippen LogP contribution in [0.15, 0.2) is 54.6 Å². The topological polar surface area (TPSA) is 101 Å². The minimum atomic E-state index is -0.459. The van der Waals surface area contributed by atoms with Crippen LogP contribution in [0.2, 0.25) is 0 Å². The van der Waals surface area contributed by atoms with Gasteiger partial charge in [-0.1, -0.05) is 30.3 Å². The SMILES string of the molecule is Cc1[nH]c(-c2ccc([N+](=O)[O-])cc2)nc1C(=O)NCc1ccccc1. The lowest BCUT2D eigenvalue weighted by Crippen LogP contribution is -2.23. The van der Waals surface area contributed by atoms with Crippen LogP contribution < -0.4 is 5.32 Å².